The van der Waals surface area contributed by atoms with Crippen LogP contribution in [0, 0.1) is 0 Å². The maximum Gasteiger partial charge on any atom is 0.416 e. The van der Waals surface area contributed by atoms with Crippen molar-refractivity contribution in [3.8, 4) is 11.1 Å². The number of alkyl halides is 3. The van der Waals surface area contributed by atoms with Gasteiger partial charge in [0.05, 0.1) is 5.56 Å². The second kappa shape index (κ2) is 8.47. The van der Waals surface area contributed by atoms with Crippen LogP contribution in [0.25, 0.3) is 11.1 Å². The van der Waals surface area contributed by atoms with Gasteiger partial charge in [-0.25, -0.2) is 0 Å². The summed E-state index contributed by atoms with van der Waals surface area (Å²) in [4.78, 5) is 2.61. The molecule has 27 heavy (non-hydrogen) atoms. The van der Waals surface area contributed by atoms with Crippen LogP contribution in [0.4, 0.5) is 13.2 Å². The normalized spacial score (nSPS) is 18.8. The predicted molar refractivity (Wildman–Crippen MR) is 105 cm³/mol. The van der Waals surface area contributed by atoms with Gasteiger partial charge in [-0.2, -0.15) is 13.2 Å². The Hall–Kier alpha value is -1.81. The Morgan fingerprint density at radius 3 is 2.33 bits per heavy atom. The summed E-state index contributed by atoms with van der Waals surface area (Å²) in [7, 11) is 0. The van der Waals surface area contributed by atoms with Gasteiger partial charge in [0.1, 0.15) is 0 Å². The molecule has 2 aromatic rings. The SMILES string of the molecule is CCC(CC)N1CCCC(c2cccc(-c3ccc(C(F)(F)F)cc3)c2)C1. The Morgan fingerprint density at radius 1 is 1.00 bits per heavy atom. The van der Waals surface area contributed by atoms with E-state index in [1.807, 2.05) is 12.1 Å². The molecule has 0 spiro atoms. The van der Waals surface area contributed by atoms with Crippen molar-refractivity contribution in [1.29, 1.82) is 0 Å². The first-order chi connectivity index (χ1) is 12.9. The minimum Gasteiger partial charge on any atom is -0.300 e. The highest BCUT2D eigenvalue weighted by Gasteiger charge is 2.30. The minimum atomic E-state index is -4.29. The van der Waals surface area contributed by atoms with Crippen LogP contribution in [0.1, 0.15) is 56.6 Å². The Bertz CT molecular complexity index is 732. The molecule has 1 nitrogen and oxygen atoms in total. The molecular weight excluding hydrogens is 347 g/mol. The molecule has 1 unspecified atom stereocenters. The first-order valence-electron chi connectivity index (χ1n) is 9.94. The summed E-state index contributed by atoms with van der Waals surface area (Å²) in [5.74, 6) is 0.494. The van der Waals surface area contributed by atoms with E-state index >= 15 is 0 Å². The lowest BCUT2D eigenvalue weighted by Crippen LogP contribution is -2.41. The van der Waals surface area contributed by atoms with Crippen LogP contribution in [0.15, 0.2) is 48.5 Å². The summed E-state index contributed by atoms with van der Waals surface area (Å²) < 4.78 is 38.4. The molecule has 1 fully saturated rings. The number of rotatable bonds is 5. The van der Waals surface area contributed by atoms with Gasteiger partial charge in [0.2, 0.25) is 0 Å². The third-order valence-corrected chi connectivity index (χ3v) is 5.82. The van der Waals surface area contributed by atoms with Gasteiger partial charge in [-0.15, -0.1) is 0 Å². The van der Waals surface area contributed by atoms with Crippen LogP contribution in [-0.4, -0.2) is 24.0 Å². The van der Waals surface area contributed by atoms with Gasteiger partial charge < -0.3 is 0 Å². The summed E-state index contributed by atoms with van der Waals surface area (Å²) in [6.45, 7) is 6.75. The third-order valence-electron chi connectivity index (χ3n) is 5.82. The lowest BCUT2D eigenvalue weighted by molar-refractivity contribution is -0.137. The molecule has 1 atom stereocenters. The van der Waals surface area contributed by atoms with E-state index in [1.54, 1.807) is 12.1 Å². The largest absolute Gasteiger partial charge is 0.416 e. The molecule has 146 valence electrons. The number of hydrogen-bond acceptors (Lipinski definition) is 1. The lowest BCUT2D eigenvalue weighted by Gasteiger charge is -2.38. The molecule has 0 aromatic heterocycles. The van der Waals surface area contributed by atoms with Gasteiger partial charge in [-0.05, 0) is 67.0 Å². The van der Waals surface area contributed by atoms with E-state index in [-0.39, 0.29) is 0 Å². The molecule has 2 aromatic carbocycles. The molecule has 1 saturated heterocycles. The predicted octanol–water partition coefficient (Wildman–Crippen LogP) is 6.74. The van der Waals surface area contributed by atoms with Crippen molar-refractivity contribution < 1.29 is 13.2 Å². The zero-order chi connectivity index (χ0) is 19.4. The molecule has 0 saturated carbocycles. The van der Waals surface area contributed by atoms with Crippen molar-refractivity contribution in [2.24, 2.45) is 0 Å². The average Bonchev–Trinajstić information content (AvgIpc) is 2.69. The topological polar surface area (TPSA) is 3.24 Å². The summed E-state index contributed by atoms with van der Waals surface area (Å²) in [5, 5.41) is 0. The summed E-state index contributed by atoms with van der Waals surface area (Å²) in [6.07, 6.45) is 0.434. The molecule has 0 radical (unpaired) electrons. The smallest absolute Gasteiger partial charge is 0.300 e. The molecule has 1 heterocycles. The van der Waals surface area contributed by atoms with Gasteiger partial charge in [0.25, 0.3) is 0 Å². The highest BCUT2D eigenvalue weighted by molar-refractivity contribution is 5.64. The average molecular weight is 375 g/mol. The van der Waals surface area contributed by atoms with Gasteiger partial charge in [0.15, 0.2) is 0 Å². The molecule has 1 aliphatic rings. The van der Waals surface area contributed by atoms with Crippen molar-refractivity contribution in [1.82, 2.24) is 4.90 Å². The van der Waals surface area contributed by atoms with Crippen LogP contribution in [0.2, 0.25) is 0 Å². The molecule has 0 bridgehead atoms. The second-order valence-corrected chi connectivity index (χ2v) is 7.50. The third kappa shape index (κ3) is 4.73. The van der Waals surface area contributed by atoms with E-state index in [2.05, 4.69) is 30.9 Å². The van der Waals surface area contributed by atoms with Crippen LogP contribution in [-0.2, 0) is 6.18 Å². The van der Waals surface area contributed by atoms with E-state index < -0.39 is 11.7 Å². The van der Waals surface area contributed by atoms with Crippen molar-refractivity contribution in [3.05, 3.63) is 59.7 Å². The summed E-state index contributed by atoms with van der Waals surface area (Å²) >= 11 is 0. The standard InChI is InChI=1S/C23H28F3N/c1-3-22(4-2)27-14-6-9-20(16-27)19-8-5-7-18(15-19)17-10-12-21(13-11-17)23(24,25)26/h5,7-8,10-13,15,20,22H,3-4,6,9,14,16H2,1-2H3. The minimum absolute atomic E-state index is 0.494. The van der Waals surface area contributed by atoms with Crippen molar-refractivity contribution in [3.63, 3.8) is 0 Å². The second-order valence-electron chi connectivity index (χ2n) is 7.50. The Kier molecular flexibility index (Phi) is 6.25. The van der Waals surface area contributed by atoms with E-state index in [4.69, 9.17) is 0 Å². The fraction of sp³-hybridized carbons (Fsp3) is 0.478. The Balaban J connectivity index is 1.79. The zero-order valence-electron chi connectivity index (χ0n) is 16.1. The van der Waals surface area contributed by atoms with E-state index in [0.29, 0.717) is 12.0 Å². The van der Waals surface area contributed by atoms with Crippen LogP contribution >= 0.6 is 0 Å². The fourth-order valence-corrected chi connectivity index (χ4v) is 4.24. The number of benzene rings is 2. The van der Waals surface area contributed by atoms with Crippen LogP contribution in [0.3, 0.4) is 0 Å². The number of nitrogens with zero attached hydrogens (tertiary/aromatic N) is 1. The quantitative estimate of drug-likeness (QED) is 0.559. The number of likely N-dealkylation sites (tertiary alicyclic amines) is 1. The molecule has 3 rings (SSSR count). The van der Waals surface area contributed by atoms with Gasteiger partial charge in [-0.1, -0.05) is 50.2 Å². The van der Waals surface area contributed by atoms with Crippen molar-refractivity contribution in [2.45, 2.75) is 57.7 Å². The molecule has 4 heteroatoms. The monoisotopic (exact) mass is 375 g/mol. The molecule has 0 aliphatic carbocycles. The number of piperidine rings is 1. The van der Waals surface area contributed by atoms with E-state index in [9.17, 15) is 13.2 Å². The molecular formula is C23H28F3N. The van der Waals surface area contributed by atoms with Gasteiger partial charge in [0, 0.05) is 12.6 Å². The fourth-order valence-electron chi connectivity index (χ4n) is 4.24. The maximum atomic E-state index is 12.8. The van der Waals surface area contributed by atoms with Crippen molar-refractivity contribution in [2.75, 3.05) is 13.1 Å². The van der Waals surface area contributed by atoms with Gasteiger partial charge in [-0.3, -0.25) is 4.90 Å². The molecule has 1 aliphatic heterocycles. The van der Waals surface area contributed by atoms with Crippen LogP contribution < -0.4 is 0 Å². The Morgan fingerprint density at radius 2 is 1.70 bits per heavy atom. The lowest BCUT2D eigenvalue weighted by atomic mass is 9.87. The summed E-state index contributed by atoms with van der Waals surface area (Å²) in [6, 6.07) is 14.4. The molecule has 0 N–H and O–H groups in total. The van der Waals surface area contributed by atoms with Crippen LogP contribution in [0.5, 0.6) is 0 Å². The maximum absolute atomic E-state index is 12.8. The number of halogens is 3. The highest BCUT2D eigenvalue weighted by Crippen LogP contribution is 2.33. The zero-order valence-corrected chi connectivity index (χ0v) is 16.1. The highest BCUT2D eigenvalue weighted by atomic mass is 19.4. The van der Waals surface area contributed by atoms with Gasteiger partial charge >= 0.3 is 6.18 Å². The van der Waals surface area contributed by atoms with E-state index in [1.165, 1.54) is 37.8 Å². The first-order valence-corrected chi connectivity index (χ1v) is 9.94. The summed E-state index contributed by atoms with van der Waals surface area (Å²) in [5.41, 5.74) is 2.51. The number of hydrogen-bond donors (Lipinski definition) is 0. The van der Waals surface area contributed by atoms with Crippen molar-refractivity contribution >= 4 is 0 Å². The van der Waals surface area contributed by atoms with E-state index in [0.717, 1.165) is 29.8 Å². The Labute approximate surface area is 160 Å². The first kappa shape index (κ1) is 19.9. The molecule has 0 amide bonds.